The molecule has 0 spiro atoms. The molecule has 2 fully saturated rings. The minimum atomic E-state index is 0.295. The molecule has 8 heteroatoms. The fraction of sp³-hybridized carbons (Fsp3) is 0.476. The van der Waals surface area contributed by atoms with Crippen molar-refractivity contribution >= 4 is 0 Å². The molecule has 0 radical (unpaired) electrons. The van der Waals surface area contributed by atoms with E-state index >= 15 is 0 Å². The molecule has 5 rings (SSSR count). The van der Waals surface area contributed by atoms with Crippen LogP contribution in [-0.4, -0.2) is 57.4 Å². The molecule has 1 saturated heterocycles. The SMILES string of the molecule is COc1ccccc1-n1nc(-c2cn[nH]c2C)nc1[C@H]1CC[C@H]2OCCN[C@@H]2C1. The predicted molar refractivity (Wildman–Crippen MR) is 108 cm³/mol. The summed E-state index contributed by atoms with van der Waals surface area (Å²) in [4.78, 5) is 4.99. The number of benzene rings is 1. The number of nitrogens with one attached hydrogen (secondary N) is 2. The normalized spacial score (nSPS) is 24.3. The van der Waals surface area contributed by atoms with Gasteiger partial charge in [0.15, 0.2) is 5.82 Å². The smallest absolute Gasteiger partial charge is 0.185 e. The Morgan fingerprint density at radius 1 is 1.24 bits per heavy atom. The molecule has 1 aromatic carbocycles. The van der Waals surface area contributed by atoms with Crippen molar-refractivity contribution in [1.82, 2.24) is 30.3 Å². The van der Waals surface area contributed by atoms with Crippen LogP contribution in [0.3, 0.4) is 0 Å². The van der Waals surface area contributed by atoms with Crippen molar-refractivity contribution in [1.29, 1.82) is 0 Å². The Morgan fingerprint density at radius 3 is 2.97 bits per heavy atom. The molecule has 1 aliphatic heterocycles. The lowest BCUT2D eigenvalue weighted by Crippen LogP contribution is -2.51. The lowest BCUT2D eigenvalue weighted by Gasteiger charge is -2.39. The molecule has 2 aromatic heterocycles. The number of hydrogen-bond acceptors (Lipinski definition) is 6. The molecule has 1 aliphatic carbocycles. The fourth-order valence-corrected chi connectivity index (χ4v) is 4.51. The topological polar surface area (TPSA) is 89.9 Å². The Balaban J connectivity index is 1.58. The van der Waals surface area contributed by atoms with Crippen LogP contribution in [0.15, 0.2) is 30.5 Å². The number of para-hydroxylation sites is 2. The standard InChI is InChI=1S/C21H26N6O2/c1-13-15(12-23-25-13)20-24-21(14-7-8-18-16(11-14)22-9-10-29-18)27(26-20)17-5-3-4-6-19(17)28-2/h3-6,12,14,16,18,22H,7-11H2,1-2H3,(H,23,25)/t14-,16+,18+/m0/s1. The first-order valence-electron chi connectivity index (χ1n) is 10.2. The lowest BCUT2D eigenvalue weighted by molar-refractivity contribution is -0.0280. The molecule has 2 aliphatic rings. The van der Waals surface area contributed by atoms with Crippen LogP contribution in [0, 0.1) is 6.92 Å². The quantitative estimate of drug-likeness (QED) is 0.707. The molecular formula is C21H26N6O2. The third kappa shape index (κ3) is 3.32. The zero-order chi connectivity index (χ0) is 19.8. The molecule has 29 heavy (non-hydrogen) atoms. The maximum absolute atomic E-state index is 5.96. The fourth-order valence-electron chi connectivity index (χ4n) is 4.51. The molecule has 2 N–H and O–H groups in total. The van der Waals surface area contributed by atoms with E-state index in [0.29, 0.717) is 23.9 Å². The van der Waals surface area contributed by atoms with E-state index < -0.39 is 0 Å². The highest BCUT2D eigenvalue weighted by Crippen LogP contribution is 2.37. The minimum absolute atomic E-state index is 0.295. The number of aromatic nitrogens is 5. The van der Waals surface area contributed by atoms with Gasteiger partial charge in [-0.2, -0.15) is 5.10 Å². The second-order valence-electron chi connectivity index (χ2n) is 7.77. The first-order chi connectivity index (χ1) is 14.2. The van der Waals surface area contributed by atoms with E-state index in [0.717, 1.165) is 60.9 Å². The van der Waals surface area contributed by atoms with Gasteiger partial charge >= 0.3 is 0 Å². The van der Waals surface area contributed by atoms with Gasteiger partial charge in [-0.3, -0.25) is 5.10 Å². The minimum Gasteiger partial charge on any atom is -0.494 e. The number of hydrogen-bond donors (Lipinski definition) is 2. The van der Waals surface area contributed by atoms with Crippen LogP contribution in [0.2, 0.25) is 0 Å². The van der Waals surface area contributed by atoms with E-state index in [1.54, 1.807) is 13.3 Å². The molecule has 0 bridgehead atoms. The van der Waals surface area contributed by atoms with Gasteiger partial charge in [-0.05, 0) is 38.3 Å². The van der Waals surface area contributed by atoms with Crippen molar-refractivity contribution in [3.05, 3.63) is 42.0 Å². The van der Waals surface area contributed by atoms with E-state index in [4.69, 9.17) is 19.6 Å². The Morgan fingerprint density at radius 2 is 2.14 bits per heavy atom. The number of ether oxygens (including phenoxy) is 2. The van der Waals surface area contributed by atoms with Gasteiger partial charge in [0.05, 0.1) is 31.6 Å². The Bertz CT molecular complexity index is 997. The van der Waals surface area contributed by atoms with Gasteiger partial charge in [-0.1, -0.05) is 12.1 Å². The van der Waals surface area contributed by atoms with E-state index in [1.807, 2.05) is 35.9 Å². The number of aryl methyl sites for hydroxylation is 1. The van der Waals surface area contributed by atoms with E-state index in [9.17, 15) is 0 Å². The van der Waals surface area contributed by atoms with Crippen molar-refractivity contribution < 1.29 is 9.47 Å². The van der Waals surface area contributed by atoms with Crippen LogP contribution in [0.4, 0.5) is 0 Å². The van der Waals surface area contributed by atoms with Gasteiger partial charge < -0.3 is 14.8 Å². The molecule has 8 nitrogen and oxygen atoms in total. The van der Waals surface area contributed by atoms with E-state index in [1.165, 1.54) is 0 Å². The summed E-state index contributed by atoms with van der Waals surface area (Å²) in [5.74, 6) is 2.73. The van der Waals surface area contributed by atoms with Gasteiger partial charge in [-0.25, -0.2) is 9.67 Å². The summed E-state index contributed by atoms with van der Waals surface area (Å²) in [6.45, 7) is 3.69. The number of nitrogens with zero attached hydrogens (tertiary/aromatic N) is 4. The molecule has 3 aromatic rings. The predicted octanol–water partition coefficient (Wildman–Crippen LogP) is 2.60. The third-order valence-corrected chi connectivity index (χ3v) is 6.01. The number of fused-ring (bicyclic) bond motifs is 1. The number of methoxy groups -OCH3 is 1. The Labute approximate surface area is 169 Å². The second-order valence-corrected chi connectivity index (χ2v) is 7.77. The van der Waals surface area contributed by atoms with Crippen molar-refractivity contribution in [2.75, 3.05) is 20.3 Å². The number of rotatable bonds is 4. The maximum atomic E-state index is 5.96. The summed E-state index contributed by atoms with van der Waals surface area (Å²) in [5, 5.41) is 15.6. The van der Waals surface area contributed by atoms with Gasteiger partial charge in [-0.15, -0.1) is 5.10 Å². The van der Waals surface area contributed by atoms with Gasteiger partial charge in [0.2, 0.25) is 0 Å². The molecule has 152 valence electrons. The van der Waals surface area contributed by atoms with Crippen LogP contribution in [0.5, 0.6) is 5.75 Å². The largest absolute Gasteiger partial charge is 0.494 e. The zero-order valence-electron chi connectivity index (χ0n) is 16.8. The summed E-state index contributed by atoms with van der Waals surface area (Å²) in [6.07, 6.45) is 5.14. The average Bonchev–Trinajstić information content (AvgIpc) is 3.39. The summed E-state index contributed by atoms with van der Waals surface area (Å²) < 4.78 is 13.5. The molecule has 3 atom stereocenters. The van der Waals surface area contributed by atoms with Crippen LogP contribution >= 0.6 is 0 Å². The second kappa shape index (κ2) is 7.61. The first-order valence-corrected chi connectivity index (χ1v) is 10.2. The molecule has 1 saturated carbocycles. The van der Waals surface area contributed by atoms with Crippen LogP contribution in [0.25, 0.3) is 17.1 Å². The van der Waals surface area contributed by atoms with Crippen molar-refractivity contribution in [2.24, 2.45) is 0 Å². The van der Waals surface area contributed by atoms with Crippen molar-refractivity contribution in [2.45, 2.75) is 44.2 Å². The monoisotopic (exact) mass is 394 g/mol. The summed E-state index contributed by atoms with van der Waals surface area (Å²) in [7, 11) is 1.69. The highest BCUT2D eigenvalue weighted by atomic mass is 16.5. The highest BCUT2D eigenvalue weighted by molar-refractivity contribution is 5.57. The molecular weight excluding hydrogens is 368 g/mol. The number of morpholine rings is 1. The van der Waals surface area contributed by atoms with Crippen molar-refractivity contribution in [3.8, 4) is 22.8 Å². The van der Waals surface area contributed by atoms with Gasteiger partial charge in [0, 0.05) is 24.2 Å². The Hall–Kier alpha value is -2.71. The summed E-state index contributed by atoms with van der Waals surface area (Å²) >= 11 is 0. The number of aromatic amines is 1. The van der Waals surface area contributed by atoms with Gasteiger partial charge in [0.25, 0.3) is 0 Å². The first kappa shape index (κ1) is 18.3. The van der Waals surface area contributed by atoms with Crippen LogP contribution in [-0.2, 0) is 4.74 Å². The van der Waals surface area contributed by atoms with Crippen LogP contribution in [0.1, 0.15) is 36.7 Å². The van der Waals surface area contributed by atoms with E-state index in [-0.39, 0.29) is 0 Å². The molecule has 0 amide bonds. The maximum Gasteiger partial charge on any atom is 0.185 e. The zero-order valence-corrected chi connectivity index (χ0v) is 16.8. The summed E-state index contributed by atoms with van der Waals surface area (Å²) in [6, 6.07) is 8.31. The Kier molecular flexibility index (Phi) is 4.81. The molecule has 3 heterocycles. The highest BCUT2D eigenvalue weighted by Gasteiger charge is 2.36. The third-order valence-electron chi connectivity index (χ3n) is 6.01. The van der Waals surface area contributed by atoms with Crippen LogP contribution < -0.4 is 10.1 Å². The number of H-pyrrole nitrogens is 1. The lowest BCUT2D eigenvalue weighted by atomic mass is 9.82. The summed E-state index contributed by atoms with van der Waals surface area (Å²) in [5.41, 5.74) is 2.78. The van der Waals surface area contributed by atoms with Crippen molar-refractivity contribution in [3.63, 3.8) is 0 Å². The van der Waals surface area contributed by atoms with Gasteiger partial charge in [0.1, 0.15) is 17.3 Å². The average molecular weight is 394 g/mol. The molecule has 0 unspecified atom stereocenters. The van der Waals surface area contributed by atoms with E-state index in [2.05, 4.69) is 15.5 Å².